The van der Waals surface area contributed by atoms with E-state index in [1.165, 1.54) is 17.7 Å². The number of hydrogen-bond donors (Lipinski definition) is 1. The lowest BCUT2D eigenvalue weighted by Gasteiger charge is -2.23. The molecule has 2 unspecified atom stereocenters. The quantitative estimate of drug-likeness (QED) is 0.864. The molecular formula is C19H24N2OS. The predicted octanol–water partition coefficient (Wildman–Crippen LogP) is 4.15. The number of likely N-dealkylation sites (tertiary alicyclic amines) is 1. The molecule has 1 saturated heterocycles. The topological polar surface area (TPSA) is 32.3 Å². The van der Waals surface area contributed by atoms with Crippen LogP contribution in [0.25, 0.3) is 0 Å². The number of benzene rings is 1. The molecule has 0 spiro atoms. The van der Waals surface area contributed by atoms with Gasteiger partial charge in [-0.15, -0.1) is 11.3 Å². The second kappa shape index (κ2) is 7.75. The number of hydrogen-bond acceptors (Lipinski definition) is 3. The van der Waals surface area contributed by atoms with Gasteiger partial charge in [-0.3, -0.25) is 9.69 Å². The van der Waals surface area contributed by atoms with Crippen LogP contribution in [0.5, 0.6) is 0 Å². The number of nitrogens with zero attached hydrogens (tertiary/aromatic N) is 1. The van der Waals surface area contributed by atoms with Crippen molar-refractivity contribution in [1.29, 1.82) is 0 Å². The van der Waals surface area contributed by atoms with E-state index < -0.39 is 0 Å². The van der Waals surface area contributed by atoms with Crippen LogP contribution in [0.2, 0.25) is 0 Å². The molecule has 1 aromatic carbocycles. The molecule has 4 heteroatoms. The highest BCUT2D eigenvalue weighted by atomic mass is 32.1. The van der Waals surface area contributed by atoms with E-state index in [0.717, 1.165) is 18.7 Å². The van der Waals surface area contributed by atoms with Crippen LogP contribution in [0.1, 0.15) is 48.7 Å². The Hall–Kier alpha value is -1.65. The van der Waals surface area contributed by atoms with Crippen LogP contribution in [0.3, 0.4) is 0 Å². The number of rotatable bonds is 6. The molecule has 2 heterocycles. The van der Waals surface area contributed by atoms with Crippen molar-refractivity contribution in [2.45, 2.75) is 38.3 Å². The van der Waals surface area contributed by atoms with Gasteiger partial charge in [0.25, 0.3) is 0 Å². The molecular weight excluding hydrogens is 304 g/mol. The monoisotopic (exact) mass is 328 g/mol. The normalized spacial score (nSPS) is 19.6. The van der Waals surface area contributed by atoms with Crippen molar-refractivity contribution in [3.05, 3.63) is 58.3 Å². The number of nitrogens with one attached hydrogen (secondary N) is 1. The first-order chi connectivity index (χ1) is 11.2. The minimum Gasteiger partial charge on any atom is -0.350 e. The van der Waals surface area contributed by atoms with Crippen LogP contribution in [-0.2, 0) is 4.79 Å². The summed E-state index contributed by atoms with van der Waals surface area (Å²) in [6, 6.07) is 15.0. The van der Waals surface area contributed by atoms with Gasteiger partial charge in [-0.1, -0.05) is 36.4 Å². The number of carbonyl (C=O) groups is 1. The molecule has 1 fully saturated rings. The summed E-state index contributed by atoms with van der Waals surface area (Å²) in [5.41, 5.74) is 1.15. The summed E-state index contributed by atoms with van der Waals surface area (Å²) in [6.07, 6.45) is 3.01. The molecule has 122 valence electrons. The van der Waals surface area contributed by atoms with E-state index in [-0.39, 0.29) is 11.9 Å². The van der Waals surface area contributed by atoms with Gasteiger partial charge >= 0.3 is 0 Å². The summed E-state index contributed by atoms with van der Waals surface area (Å²) in [6.45, 7) is 3.98. The van der Waals surface area contributed by atoms with Crippen molar-refractivity contribution in [1.82, 2.24) is 10.2 Å². The van der Waals surface area contributed by atoms with Crippen LogP contribution in [0, 0.1) is 0 Å². The summed E-state index contributed by atoms with van der Waals surface area (Å²) >= 11 is 1.82. The molecule has 1 aliphatic heterocycles. The summed E-state index contributed by atoms with van der Waals surface area (Å²) in [5, 5.41) is 5.25. The predicted molar refractivity (Wildman–Crippen MR) is 95.5 cm³/mol. The van der Waals surface area contributed by atoms with E-state index in [4.69, 9.17) is 0 Å². The lowest BCUT2D eigenvalue weighted by molar-refractivity contribution is -0.122. The smallest absolute Gasteiger partial charge is 0.221 e. The largest absolute Gasteiger partial charge is 0.350 e. The first kappa shape index (κ1) is 16.2. The molecule has 1 aromatic heterocycles. The average Bonchev–Trinajstić information content (AvgIpc) is 3.24. The molecule has 2 atom stereocenters. The molecule has 1 amide bonds. The third-order valence-electron chi connectivity index (χ3n) is 4.54. The van der Waals surface area contributed by atoms with Gasteiger partial charge in [0.1, 0.15) is 0 Å². The molecule has 23 heavy (non-hydrogen) atoms. The van der Waals surface area contributed by atoms with E-state index in [1.807, 2.05) is 36.5 Å². The number of amides is 1. The third-order valence-corrected chi connectivity index (χ3v) is 5.51. The van der Waals surface area contributed by atoms with Gasteiger partial charge in [0.05, 0.1) is 6.04 Å². The van der Waals surface area contributed by atoms with Gasteiger partial charge in [-0.05, 0) is 43.3 Å². The minimum absolute atomic E-state index is 0.0652. The Labute approximate surface area is 142 Å². The first-order valence-corrected chi connectivity index (χ1v) is 9.24. The fourth-order valence-corrected chi connectivity index (χ4v) is 4.18. The van der Waals surface area contributed by atoms with E-state index in [2.05, 4.69) is 39.9 Å². The summed E-state index contributed by atoms with van der Waals surface area (Å²) in [5.74, 6) is 0.137. The molecule has 2 aromatic rings. The number of carbonyl (C=O) groups excluding carboxylic acids is 1. The van der Waals surface area contributed by atoms with Crippen LogP contribution >= 0.6 is 11.3 Å². The fraction of sp³-hybridized carbons (Fsp3) is 0.421. The van der Waals surface area contributed by atoms with Crippen molar-refractivity contribution >= 4 is 17.2 Å². The molecule has 3 nitrogen and oxygen atoms in total. The average molecular weight is 328 g/mol. The Balaban J connectivity index is 1.49. The zero-order valence-electron chi connectivity index (χ0n) is 13.6. The van der Waals surface area contributed by atoms with Crippen LogP contribution in [0.15, 0.2) is 47.8 Å². The maximum atomic E-state index is 12.2. The molecule has 0 saturated carbocycles. The zero-order valence-corrected chi connectivity index (χ0v) is 14.4. The van der Waals surface area contributed by atoms with E-state index in [1.54, 1.807) is 0 Å². The molecule has 0 radical (unpaired) electrons. The molecule has 0 aliphatic carbocycles. The lowest BCUT2D eigenvalue weighted by Crippen LogP contribution is -2.32. The lowest BCUT2D eigenvalue weighted by atomic mass is 10.1. The Kier molecular flexibility index (Phi) is 5.47. The maximum Gasteiger partial charge on any atom is 0.221 e. The van der Waals surface area contributed by atoms with Crippen LogP contribution < -0.4 is 5.32 Å². The third kappa shape index (κ3) is 4.21. The van der Waals surface area contributed by atoms with Crippen LogP contribution in [-0.4, -0.2) is 23.9 Å². The SMILES string of the molecule is CC(NC(=O)CCN1CCCC1c1cccs1)c1ccccc1. The summed E-state index contributed by atoms with van der Waals surface area (Å²) < 4.78 is 0. The Bertz CT molecular complexity index is 612. The van der Waals surface area contributed by atoms with E-state index in [9.17, 15) is 4.79 Å². The summed E-state index contributed by atoms with van der Waals surface area (Å²) in [4.78, 5) is 16.1. The maximum absolute atomic E-state index is 12.2. The van der Waals surface area contributed by atoms with Gasteiger partial charge in [-0.2, -0.15) is 0 Å². The second-order valence-corrected chi connectivity index (χ2v) is 7.14. The second-order valence-electron chi connectivity index (χ2n) is 6.16. The molecule has 1 aliphatic rings. The highest BCUT2D eigenvalue weighted by Crippen LogP contribution is 2.34. The highest BCUT2D eigenvalue weighted by molar-refractivity contribution is 7.10. The zero-order chi connectivity index (χ0) is 16.1. The van der Waals surface area contributed by atoms with Gasteiger partial charge in [0.2, 0.25) is 5.91 Å². The van der Waals surface area contributed by atoms with E-state index in [0.29, 0.717) is 12.5 Å². The van der Waals surface area contributed by atoms with Gasteiger partial charge in [0.15, 0.2) is 0 Å². The Morgan fingerprint density at radius 3 is 2.87 bits per heavy atom. The summed E-state index contributed by atoms with van der Waals surface area (Å²) in [7, 11) is 0. The fourth-order valence-electron chi connectivity index (χ4n) is 3.28. The molecule has 1 N–H and O–H groups in total. The highest BCUT2D eigenvalue weighted by Gasteiger charge is 2.26. The number of thiophene rings is 1. The molecule has 3 rings (SSSR count). The van der Waals surface area contributed by atoms with Crippen molar-refractivity contribution in [3.63, 3.8) is 0 Å². The van der Waals surface area contributed by atoms with Crippen molar-refractivity contribution in [2.24, 2.45) is 0 Å². The van der Waals surface area contributed by atoms with E-state index >= 15 is 0 Å². The van der Waals surface area contributed by atoms with Gasteiger partial charge < -0.3 is 5.32 Å². The Morgan fingerprint density at radius 2 is 2.13 bits per heavy atom. The van der Waals surface area contributed by atoms with Crippen molar-refractivity contribution < 1.29 is 4.79 Å². The molecule has 0 bridgehead atoms. The van der Waals surface area contributed by atoms with Crippen molar-refractivity contribution in [3.8, 4) is 0 Å². The van der Waals surface area contributed by atoms with Gasteiger partial charge in [0, 0.05) is 23.9 Å². The van der Waals surface area contributed by atoms with Crippen molar-refractivity contribution in [2.75, 3.05) is 13.1 Å². The standard InChI is InChI=1S/C19H24N2OS/c1-15(16-7-3-2-4-8-16)20-19(22)11-13-21-12-5-9-17(21)18-10-6-14-23-18/h2-4,6-8,10,14-15,17H,5,9,11-13H2,1H3,(H,20,22). The van der Waals surface area contributed by atoms with Crippen LogP contribution in [0.4, 0.5) is 0 Å². The Morgan fingerprint density at radius 1 is 1.30 bits per heavy atom. The first-order valence-electron chi connectivity index (χ1n) is 8.36. The minimum atomic E-state index is 0.0652. The van der Waals surface area contributed by atoms with Gasteiger partial charge in [-0.25, -0.2) is 0 Å².